The molecule has 2 aromatic heterocycles. The Morgan fingerprint density at radius 3 is 2.80 bits per heavy atom. The molecule has 3 aliphatic carbocycles. The lowest BCUT2D eigenvalue weighted by Gasteiger charge is -2.33. The average molecular weight is 406 g/mol. The average Bonchev–Trinajstić information content (AvgIpc) is 3.23. The Labute approximate surface area is 171 Å². The zero-order valence-corrected chi connectivity index (χ0v) is 16.4. The molecule has 3 aromatic rings. The van der Waals surface area contributed by atoms with Gasteiger partial charge in [0.15, 0.2) is 11.4 Å². The number of nitrogens with two attached hydrogens (primary N) is 1. The second-order valence-corrected chi connectivity index (χ2v) is 8.14. The maximum absolute atomic E-state index is 14.9. The Kier molecular flexibility index (Phi) is 3.89. The van der Waals surface area contributed by atoms with Crippen molar-refractivity contribution < 1.29 is 18.8 Å². The number of aromatic amines is 1. The molecular weight excluding hydrogens is 387 g/mol. The summed E-state index contributed by atoms with van der Waals surface area (Å²) < 4.78 is 19.9. The Hall–Kier alpha value is -3.44. The van der Waals surface area contributed by atoms with Gasteiger partial charge in [-0.25, -0.2) is 9.37 Å². The van der Waals surface area contributed by atoms with Gasteiger partial charge in [0.2, 0.25) is 0 Å². The number of halogens is 1. The van der Waals surface area contributed by atoms with Gasteiger partial charge in [-0.15, -0.1) is 0 Å². The number of carbonyl (C=O) groups excluding carboxylic acids is 1. The van der Waals surface area contributed by atoms with Gasteiger partial charge in [-0.1, -0.05) is 17.0 Å². The number of hydrogen-bond acceptors (Lipinski definition) is 5. The van der Waals surface area contributed by atoms with Crippen LogP contribution in [0.1, 0.15) is 70.5 Å². The molecule has 1 aromatic carbocycles. The monoisotopic (exact) mass is 406 g/mol. The number of primary amides is 1. The largest absolute Gasteiger partial charge is 0.372 e. The summed E-state index contributed by atoms with van der Waals surface area (Å²) >= 11 is 0. The molecule has 1 amide bonds. The van der Waals surface area contributed by atoms with Crippen LogP contribution in [0.4, 0.5) is 4.39 Å². The van der Waals surface area contributed by atoms with E-state index >= 15 is 0 Å². The third kappa shape index (κ3) is 2.82. The molecule has 30 heavy (non-hydrogen) atoms. The van der Waals surface area contributed by atoms with Crippen LogP contribution < -0.4 is 5.73 Å². The third-order valence-electron chi connectivity index (χ3n) is 5.91. The number of aliphatic hydroxyl groups is 1. The Morgan fingerprint density at radius 2 is 2.13 bits per heavy atom. The van der Waals surface area contributed by atoms with E-state index in [4.69, 9.17) is 10.3 Å². The summed E-state index contributed by atoms with van der Waals surface area (Å²) in [7, 11) is 0. The van der Waals surface area contributed by atoms with Crippen molar-refractivity contribution >= 4 is 5.91 Å². The maximum atomic E-state index is 14.9. The van der Waals surface area contributed by atoms with E-state index in [9.17, 15) is 14.3 Å². The van der Waals surface area contributed by atoms with Crippen molar-refractivity contribution in [3.63, 3.8) is 0 Å². The second kappa shape index (κ2) is 6.28. The first kappa shape index (κ1) is 18.6. The molecule has 1 saturated carbocycles. The number of hydrogen-bond donors (Lipinski definition) is 3. The van der Waals surface area contributed by atoms with E-state index in [0.717, 1.165) is 29.7 Å². The fourth-order valence-electron chi connectivity index (χ4n) is 4.19. The minimum atomic E-state index is -1.60. The molecule has 1 fully saturated rings. The van der Waals surface area contributed by atoms with Crippen LogP contribution in [0.25, 0.3) is 11.3 Å². The molecule has 0 saturated heterocycles. The van der Waals surface area contributed by atoms with Gasteiger partial charge < -0.3 is 20.3 Å². The fourth-order valence-corrected chi connectivity index (χ4v) is 4.19. The molecule has 2 bridgehead atoms. The molecule has 4 N–H and O–H groups in total. The number of nitrogens with one attached hydrogen (secondary N) is 1. The molecule has 0 spiro atoms. The van der Waals surface area contributed by atoms with E-state index in [1.54, 1.807) is 19.1 Å². The summed E-state index contributed by atoms with van der Waals surface area (Å²) in [4.78, 5) is 19.0. The van der Waals surface area contributed by atoms with E-state index in [1.165, 1.54) is 13.0 Å². The number of nitrogens with zero attached hydrogens (tertiary/aromatic N) is 2. The summed E-state index contributed by atoms with van der Waals surface area (Å²) in [6.07, 6.45) is 1.73. The summed E-state index contributed by atoms with van der Waals surface area (Å²) in [6, 6.07) is 4.70. The number of H-pyrrole nitrogens is 1. The summed E-state index contributed by atoms with van der Waals surface area (Å²) in [5.41, 5.74) is 7.24. The Morgan fingerprint density at radius 1 is 1.37 bits per heavy atom. The van der Waals surface area contributed by atoms with Crippen LogP contribution >= 0.6 is 0 Å². The first-order valence-electron chi connectivity index (χ1n) is 9.66. The van der Waals surface area contributed by atoms with E-state index < -0.39 is 17.3 Å². The summed E-state index contributed by atoms with van der Waals surface area (Å²) in [5.74, 6) is 5.42. The maximum Gasteiger partial charge on any atom is 0.284 e. The van der Waals surface area contributed by atoms with E-state index in [0.29, 0.717) is 11.5 Å². The molecule has 0 aliphatic heterocycles. The molecule has 0 radical (unpaired) electrons. The predicted octanol–water partition coefficient (Wildman–Crippen LogP) is 2.84. The SMILES string of the molecule is Cc1cc([C@](C)(O)C#Cc2cc3c(cc2F)C2CC(C2)c2[nH]c(C(N)=O)nc2-3)no1. The first-order valence-corrected chi connectivity index (χ1v) is 9.66. The van der Waals surface area contributed by atoms with Crippen LogP contribution in [0, 0.1) is 24.6 Å². The highest BCUT2D eigenvalue weighted by atomic mass is 19.1. The van der Waals surface area contributed by atoms with Gasteiger partial charge >= 0.3 is 0 Å². The van der Waals surface area contributed by atoms with E-state index in [1.807, 2.05) is 0 Å². The lowest BCUT2D eigenvalue weighted by atomic mass is 9.71. The molecule has 2 heterocycles. The summed E-state index contributed by atoms with van der Waals surface area (Å²) in [5, 5.41) is 14.4. The van der Waals surface area contributed by atoms with Gasteiger partial charge in [-0.2, -0.15) is 0 Å². The molecule has 7 nitrogen and oxygen atoms in total. The topological polar surface area (TPSA) is 118 Å². The molecule has 3 aliphatic rings. The van der Waals surface area contributed by atoms with Crippen molar-refractivity contribution in [2.24, 2.45) is 5.73 Å². The van der Waals surface area contributed by atoms with Crippen LogP contribution in [-0.2, 0) is 5.60 Å². The number of amides is 1. The normalized spacial score (nSPS) is 20.7. The highest BCUT2D eigenvalue weighted by molar-refractivity contribution is 5.90. The molecular formula is C22H19FN4O3. The van der Waals surface area contributed by atoms with Crippen molar-refractivity contribution in [3.8, 4) is 23.1 Å². The van der Waals surface area contributed by atoms with E-state index in [-0.39, 0.29) is 28.9 Å². The summed E-state index contributed by atoms with van der Waals surface area (Å²) in [6.45, 7) is 3.18. The minimum Gasteiger partial charge on any atom is -0.372 e. The van der Waals surface area contributed by atoms with Gasteiger partial charge in [0.25, 0.3) is 5.91 Å². The number of rotatable bonds is 2. The highest BCUT2D eigenvalue weighted by Crippen LogP contribution is 2.55. The van der Waals surface area contributed by atoms with Crippen LogP contribution in [0.5, 0.6) is 0 Å². The molecule has 1 atom stereocenters. The zero-order valence-electron chi connectivity index (χ0n) is 16.4. The van der Waals surface area contributed by atoms with E-state index in [2.05, 4.69) is 27.0 Å². The van der Waals surface area contributed by atoms with Crippen LogP contribution in [0.3, 0.4) is 0 Å². The van der Waals surface area contributed by atoms with Crippen molar-refractivity contribution in [2.45, 2.75) is 44.1 Å². The number of carbonyl (C=O) groups is 1. The highest BCUT2D eigenvalue weighted by Gasteiger charge is 2.40. The van der Waals surface area contributed by atoms with Gasteiger partial charge in [-0.05, 0) is 50.3 Å². The van der Waals surface area contributed by atoms with Crippen molar-refractivity contribution in [3.05, 3.63) is 58.1 Å². The lowest BCUT2D eigenvalue weighted by molar-refractivity contribution is 0.0991. The quantitative estimate of drug-likeness (QED) is 0.566. The van der Waals surface area contributed by atoms with Crippen molar-refractivity contribution in [1.29, 1.82) is 0 Å². The van der Waals surface area contributed by atoms with Crippen LogP contribution in [0.2, 0.25) is 0 Å². The molecule has 152 valence electrons. The standard InChI is InChI=1S/C22H19FN4O3/c1-10-5-17(27-30-10)22(2,29)4-3-11-8-15-14(9-16(11)23)12-6-13(7-12)18-19(15)26-21(25-18)20(24)28/h5,8-9,12-13,29H,6-7H2,1-2H3,(H2,24,28)(H,25,26)/t12?,13?,22-/m1/s1. The first-order chi connectivity index (χ1) is 14.2. The predicted molar refractivity (Wildman–Crippen MR) is 105 cm³/mol. The lowest BCUT2D eigenvalue weighted by Crippen LogP contribution is -2.20. The smallest absolute Gasteiger partial charge is 0.284 e. The van der Waals surface area contributed by atoms with Crippen LogP contribution in [-0.4, -0.2) is 26.1 Å². The third-order valence-corrected chi connectivity index (χ3v) is 5.91. The number of benzene rings is 1. The van der Waals surface area contributed by atoms with Crippen LogP contribution in [0.15, 0.2) is 22.7 Å². The van der Waals surface area contributed by atoms with Crippen molar-refractivity contribution in [2.75, 3.05) is 0 Å². The number of aryl methyl sites for hydroxylation is 1. The van der Waals surface area contributed by atoms with Gasteiger partial charge in [0.05, 0.1) is 11.3 Å². The zero-order chi connectivity index (χ0) is 21.2. The Balaban J connectivity index is 1.61. The molecule has 6 rings (SSSR count). The molecule has 0 unspecified atom stereocenters. The Bertz CT molecular complexity index is 1260. The fraction of sp³-hybridized carbons (Fsp3) is 0.318. The minimum absolute atomic E-state index is 0.0950. The molecule has 8 heteroatoms. The van der Waals surface area contributed by atoms with Gasteiger partial charge in [0.1, 0.15) is 17.3 Å². The second-order valence-electron chi connectivity index (χ2n) is 8.14. The van der Waals surface area contributed by atoms with Gasteiger partial charge in [0, 0.05) is 23.2 Å². The van der Waals surface area contributed by atoms with Crippen molar-refractivity contribution in [1.82, 2.24) is 15.1 Å². The number of aromatic nitrogens is 3. The van der Waals surface area contributed by atoms with Gasteiger partial charge in [-0.3, -0.25) is 4.79 Å². The number of imidazole rings is 1.